The quantitative estimate of drug-likeness (QED) is 0.544. The first kappa shape index (κ1) is 9.78. The molecule has 0 saturated heterocycles. The van der Waals surface area contributed by atoms with E-state index >= 15 is 0 Å². The fourth-order valence-electron chi connectivity index (χ4n) is 1.16. The lowest BCUT2D eigenvalue weighted by molar-refractivity contribution is 0.834. The van der Waals surface area contributed by atoms with Crippen molar-refractivity contribution in [2.24, 2.45) is 10.7 Å². The highest BCUT2D eigenvalue weighted by molar-refractivity contribution is 5.97. The SMILES string of the molecule is Cc1cccc(C(N)=NC(C)C)c1. The lowest BCUT2D eigenvalue weighted by Gasteiger charge is -2.03. The van der Waals surface area contributed by atoms with Gasteiger partial charge in [0.2, 0.25) is 0 Å². The molecule has 0 amide bonds. The van der Waals surface area contributed by atoms with Crippen LogP contribution >= 0.6 is 0 Å². The molecule has 0 aliphatic carbocycles. The molecule has 0 saturated carbocycles. The van der Waals surface area contributed by atoms with Crippen molar-refractivity contribution in [2.45, 2.75) is 26.8 Å². The smallest absolute Gasteiger partial charge is 0.125 e. The number of hydrogen-bond donors (Lipinski definition) is 1. The second kappa shape index (κ2) is 4.08. The lowest BCUT2D eigenvalue weighted by atomic mass is 10.1. The Kier molecular flexibility index (Phi) is 3.07. The van der Waals surface area contributed by atoms with Crippen LogP contribution in [-0.4, -0.2) is 11.9 Å². The predicted octanol–water partition coefficient (Wildman–Crippen LogP) is 2.11. The van der Waals surface area contributed by atoms with Crippen molar-refractivity contribution >= 4 is 5.84 Å². The summed E-state index contributed by atoms with van der Waals surface area (Å²) in [4.78, 5) is 4.28. The van der Waals surface area contributed by atoms with Gasteiger partial charge in [-0.1, -0.05) is 23.8 Å². The molecule has 0 aromatic heterocycles. The van der Waals surface area contributed by atoms with Crippen LogP contribution in [0.15, 0.2) is 29.3 Å². The molecule has 1 aromatic carbocycles. The average molecular weight is 176 g/mol. The van der Waals surface area contributed by atoms with E-state index in [-0.39, 0.29) is 6.04 Å². The van der Waals surface area contributed by atoms with Gasteiger partial charge >= 0.3 is 0 Å². The molecule has 0 fully saturated rings. The Balaban J connectivity index is 2.95. The number of aliphatic imine (C=N–C) groups is 1. The summed E-state index contributed by atoms with van der Waals surface area (Å²) in [6.45, 7) is 6.08. The molecule has 0 bridgehead atoms. The van der Waals surface area contributed by atoms with Crippen LogP contribution in [0.4, 0.5) is 0 Å². The molecule has 0 heterocycles. The summed E-state index contributed by atoms with van der Waals surface area (Å²) in [5, 5.41) is 0. The molecule has 2 heteroatoms. The van der Waals surface area contributed by atoms with Gasteiger partial charge in [-0.15, -0.1) is 0 Å². The fraction of sp³-hybridized carbons (Fsp3) is 0.364. The van der Waals surface area contributed by atoms with E-state index in [0.717, 1.165) is 5.56 Å². The van der Waals surface area contributed by atoms with Gasteiger partial charge in [0.25, 0.3) is 0 Å². The average Bonchev–Trinajstić information content (AvgIpc) is 2.03. The minimum Gasteiger partial charge on any atom is -0.383 e. The van der Waals surface area contributed by atoms with Crippen molar-refractivity contribution in [1.29, 1.82) is 0 Å². The zero-order valence-corrected chi connectivity index (χ0v) is 8.41. The Bertz CT molecular complexity index is 314. The van der Waals surface area contributed by atoms with Crippen LogP contribution in [0.1, 0.15) is 25.0 Å². The van der Waals surface area contributed by atoms with Gasteiger partial charge in [0.1, 0.15) is 5.84 Å². The zero-order chi connectivity index (χ0) is 9.84. The third-order valence-corrected chi connectivity index (χ3v) is 1.71. The summed E-state index contributed by atoms with van der Waals surface area (Å²) in [6, 6.07) is 8.31. The van der Waals surface area contributed by atoms with Gasteiger partial charge in [0.05, 0.1) is 0 Å². The summed E-state index contributed by atoms with van der Waals surface area (Å²) in [6.07, 6.45) is 0. The fourth-order valence-corrected chi connectivity index (χ4v) is 1.16. The Morgan fingerprint density at radius 1 is 1.38 bits per heavy atom. The van der Waals surface area contributed by atoms with Crippen LogP contribution in [0.2, 0.25) is 0 Å². The van der Waals surface area contributed by atoms with Gasteiger partial charge < -0.3 is 5.73 Å². The first-order valence-electron chi connectivity index (χ1n) is 4.50. The minimum atomic E-state index is 0.250. The van der Waals surface area contributed by atoms with E-state index in [1.54, 1.807) is 0 Å². The molecule has 0 aliphatic heterocycles. The van der Waals surface area contributed by atoms with Crippen molar-refractivity contribution in [1.82, 2.24) is 0 Å². The maximum absolute atomic E-state index is 5.81. The summed E-state index contributed by atoms with van der Waals surface area (Å²) in [7, 11) is 0. The zero-order valence-electron chi connectivity index (χ0n) is 8.41. The molecule has 1 rings (SSSR count). The topological polar surface area (TPSA) is 38.4 Å². The molecular formula is C11H16N2. The monoisotopic (exact) mass is 176 g/mol. The Morgan fingerprint density at radius 2 is 2.08 bits per heavy atom. The van der Waals surface area contributed by atoms with Gasteiger partial charge in [-0.05, 0) is 26.8 Å². The number of amidine groups is 1. The van der Waals surface area contributed by atoms with E-state index in [1.807, 2.05) is 45.0 Å². The molecular weight excluding hydrogens is 160 g/mol. The Morgan fingerprint density at radius 3 is 2.62 bits per heavy atom. The minimum absolute atomic E-state index is 0.250. The van der Waals surface area contributed by atoms with Gasteiger partial charge in [-0.3, -0.25) is 4.99 Å². The summed E-state index contributed by atoms with van der Waals surface area (Å²) in [5.74, 6) is 0.624. The molecule has 13 heavy (non-hydrogen) atoms. The molecule has 0 spiro atoms. The second-order valence-electron chi connectivity index (χ2n) is 3.48. The highest BCUT2D eigenvalue weighted by Crippen LogP contribution is 2.04. The van der Waals surface area contributed by atoms with Crippen molar-refractivity contribution in [3.63, 3.8) is 0 Å². The van der Waals surface area contributed by atoms with Crippen molar-refractivity contribution in [3.8, 4) is 0 Å². The third kappa shape index (κ3) is 2.90. The highest BCUT2D eigenvalue weighted by Gasteiger charge is 1.98. The highest BCUT2D eigenvalue weighted by atomic mass is 14.9. The number of nitrogens with two attached hydrogens (primary N) is 1. The Labute approximate surface area is 79.5 Å². The Hall–Kier alpha value is -1.31. The third-order valence-electron chi connectivity index (χ3n) is 1.71. The van der Waals surface area contributed by atoms with Crippen LogP contribution < -0.4 is 5.73 Å². The van der Waals surface area contributed by atoms with E-state index in [1.165, 1.54) is 5.56 Å². The maximum Gasteiger partial charge on any atom is 0.125 e. The van der Waals surface area contributed by atoms with Crippen LogP contribution in [-0.2, 0) is 0 Å². The molecule has 0 radical (unpaired) electrons. The normalized spacial score (nSPS) is 12.2. The lowest BCUT2D eigenvalue weighted by Crippen LogP contribution is -2.15. The first-order chi connectivity index (χ1) is 6.09. The van der Waals surface area contributed by atoms with Crippen LogP contribution in [0.5, 0.6) is 0 Å². The maximum atomic E-state index is 5.81. The van der Waals surface area contributed by atoms with Gasteiger partial charge in [0, 0.05) is 11.6 Å². The summed E-state index contributed by atoms with van der Waals surface area (Å²) in [5.41, 5.74) is 8.03. The predicted molar refractivity (Wildman–Crippen MR) is 57.0 cm³/mol. The molecule has 2 N–H and O–H groups in total. The summed E-state index contributed by atoms with van der Waals surface area (Å²) >= 11 is 0. The second-order valence-corrected chi connectivity index (χ2v) is 3.48. The van der Waals surface area contributed by atoms with E-state index < -0.39 is 0 Å². The van der Waals surface area contributed by atoms with E-state index in [4.69, 9.17) is 5.73 Å². The van der Waals surface area contributed by atoms with Crippen molar-refractivity contribution in [3.05, 3.63) is 35.4 Å². The van der Waals surface area contributed by atoms with E-state index in [9.17, 15) is 0 Å². The van der Waals surface area contributed by atoms with Crippen LogP contribution in [0.25, 0.3) is 0 Å². The van der Waals surface area contributed by atoms with Gasteiger partial charge in [-0.2, -0.15) is 0 Å². The standard InChI is InChI=1S/C11H16N2/c1-8(2)13-11(12)10-6-4-5-9(3)7-10/h4-8H,1-3H3,(H2,12,13). The molecule has 70 valence electrons. The number of aryl methyl sites for hydroxylation is 1. The number of rotatable bonds is 2. The van der Waals surface area contributed by atoms with Gasteiger partial charge in [-0.25, -0.2) is 0 Å². The molecule has 0 atom stereocenters. The largest absolute Gasteiger partial charge is 0.383 e. The van der Waals surface area contributed by atoms with Crippen LogP contribution in [0, 0.1) is 6.92 Å². The van der Waals surface area contributed by atoms with E-state index in [0.29, 0.717) is 5.84 Å². The van der Waals surface area contributed by atoms with Crippen LogP contribution in [0.3, 0.4) is 0 Å². The molecule has 1 aromatic rings. The number of nitrogens with zero attached hydrogens (tertiary/aromatic N) is 1. The number of hydrogen-bond acceptors (Lipinski definition) is 1. The molecule has 0 aliphatic rings. The summed E-state index contributed by atoms with van der Waals surface area (Å²) < 4.78 is 0. The van der Waals surface area contributed by atoms with Crippen molar-refractivity contribution < 1.29 is 0 Å². The molecule has 0 unspecified atom stereocenters. The van der Waals surface area contributed by atoms with E-state index in [2.05, 4.69) is 4.99 Å². The van der Waals surface area contributed by atoms with Gasteiger partial charge in [0.15, 0.2) is 0 Å². The molecule has 2 nitrogen and oxygen atoms in total. The first-order valence-corrected chi connectivity index (χ1v) is 4.50. The van der Waals surface area contributed by atoms with Crippen molar-refractivity contribution in [2.75, 3.05) is 0 Å². The number of benzene rings is 1.